The Hall–Kier alpha value is -3.29. The van der Waals surface area contributed by atoms with E-state index < -0.39 is 35.6 Å². The van der Waals surface area contributed by atoms with Gasteiger partial charge in [-0.05, 0) is 31.2 Å². The molecule has 0 spiro atoms. The predicted molar refractivity (Wildman–Crippen MR) is 87.6 cm³/mol. The molecule has 136 valence electrons. The Morgan fingerprint density at radius 2 is 1.62 bits per heavy atom. The van der Waals surface area contributed by atoms with E-state index >= 15 is 0 Å². The van der Waals surface area contributed by atoms with Crippen LogP contribution in [0.2, 0.25) is 0 Å². The van der Waals surface area contributed by atoms with Crippen molar-refractivity contribution in [2.75, 3.05) is 12.4 Å². The van der Waals surface area contributed by atoms with Crippen LogP contribution in [0.5, 0.6) is 0 Å². The van der Waals surface area contributed by atoms with Gasteiger partial charge in [0.1, 0.15) is 11.6 Å². The number of anilines is 1. The molecule has 0 aliphatic rings. The van der Waals surface area contributed by atoms with Crippen molar-refractivity contribution >= 4 is 23.5 Å². The highest BCUT2D eigenvalue weighted by Crippen LogP contribution is 2.16. The maximum atomic E-state index is 13.6. The van der Waals surface area contributed by atoms with E-state index in [1.165, 1.54) is 31.2 Å². The van der Waals surface area contributed by atoms with E-state index in [0.717, 1.165) is 19.2 Å². The molecular weight excluding hydrogens is 348 g/mol. The van der Waals surface area contributed by atoms with Gasteiger partial charge in [-0.3, -0.25) is 4.79 Å². The standard InChI is InChI=1S/C18H15F2NO5/c1-10(16(22)21-15-8-7-11(19)9-14(15)20)26-18(24)13-6-4-3-5-12(13)17(23)25-2/h3-10H,1-2H3,(H,21,22). The smallest absolute Gasteiger partial charge is 0.339 e. The fraction of sp³-hybridized carbons (Fsp3) is 0.167. The van der Waals surface area contributed by atoms with Crippen LogP contribution < -0.4 is 5.32 Å². The van der Waals surface area contributed by atoms with Gasteiger partial charge in [0.15, 0.2) is 6.10 Å². The van der Waals surface area contributed by atoms with Crippen LogP contribution >= 0.6 is 0 Å². The maximum Gasteiger partial charge on any atom is 0.339 e. The number of esters is 2. The van der Waals surface area contributed by atoms with Crippen LogP contribution in [0.4, 0.5) is 14.5 Å². The number of halogens is 2. The second-order valence-corrected chi connectivity index (χ2v) is 5.20. The summed E-state index contributed by atoms with van der Waals surface area (Å²) in [5, 5.41) is 2.19. The van der Waals surface area contributed by atoms with Crippen LogP contribution in [0.25, 0.3) is 0 Å². The molecule has 0 fully saturated rings. The van der Waals surface area contributed by atoms with Gasteiger partial charge in [0, 0.05) is 6.07 Å². The zero-order valence-corrected chi connectivity index (χ0v) is 13.9. The van der Waals surface area contributed by atoms with Crippen LogP contribution in [0.15, 0.2) is 42.5 Å². The topological polar surface area (TPSA) is 81.7 Å². The molecule has 0 saturated carbocycles. The van der Waals surface area contributed by atoms with Crippen LogP contribution in [0.1, 0.15) is 27.6 Å². The summed E-state index contributed by atoms with van der Waals surface area (Å²) in [6.07, 6.45) is -1.29. The molecule has 0 bridgehead atoms. The van der Waals surface area contributed by atoms with E-state index in [1.54, 1.807) is 0 Å². The van der Waals surface area contributed by atoms with Gasteiger partial charge in [-0.2, -0.15) is 0 Å². The van der Waals surface area contributed by atoms with Crippen molar-refractivity contribution < 1.29 is 32.6 Å². The average Bonchev–Trinajstić information content (AvgIpc) is 2.63. The second kappa shape index (κ2) is 8.19. The summed E-state index contributed by atoms with van der Waals surface area (Å²) < 4.78 is 36.0. The van der Waals surface area contributed by atoms with Crippen molar-refractivity contribution in [1.82, 2.24) is 0 Å². The van der Waals surface area contributed by atoms with Gasteiger partial charge in [-0.1, -0.05) is 12.1 Å². The maximum absolute atomic E-state index is 13.6. The number of carbonyl (C=O) groups is 3. The van der Waals surface area contributed by atoms with E-state index in [-0.39, 0.29) is 16.8 Å². The van der Waals surface area contributed by atoms with E-state index in [9.17, 15) is 23.2 Å². The number of hydrogen-bond donors (Lipinski definition) is 1. The Kier molecular flexibility index (Phi) is 6.00. The molecule has 2 rings (SSSR count). The number of amides is 1. The van der Waals surface area contributed by atoms with E-state index in [0.29, 0.717) is 6.07 Å². The molecule has 0 radical (unpaired) electrons. The van der Waals surface area contributed by atoms with Gasteiger partial charge in [-0.25, -0.2) is 18.4 Å². The van der Waals surface area contributed by atoms with Gasteiger partial charge >= 0.3 is 11.9 Å². The molecule has 6 nitrogen and oxygen atoms in total. The van der Waals surface area contributed by atoms with Crippen molar-refractivity contribution in [2.24, 2.45) is 0 Å². The van der Waals surface area contributed by atoms with E-state index in [4.69, 9.17) is 4.74 Å². The largest absolute Gasteiger partial charge is 0.465 e. The quantitative estimate of drug-likeness (QED) is 0.826. The molecule has 26 heavy (non-hydrogen) atoms. The molecule has 1 N–H and O–H groups in total. The number of methoxy groups -OCH3 is 1. The van der Waals surface area contributed by atoms with Crippen LogP contribution in [-0.4, -0.2) is 31.1 Å². The first-order chi connectivity index (χ1) is 12.3. The lowest BCUT2D eigenvalue weighted by atomic mass is 10.1. The van der Waals surface area contributed by atoms with Crippen molar-refractivity contribution in [3.8, 4) is 0 Å². The summed E-state index contributed by atoms with van der Waals surface area (Å²) in [6.45, 7) is 1.27. The number of hydrogen-bond acceptors (Lipinski definition) is 5. The first-order valence-corrected chi connectivity index (χ1v) is 7.47. The van der Waals surface area contributed by atoms with Crippen molar-refractivity contribution in [1.29, 1.82) is 0 Å². The molecule has 1 amide bonds. The normalized spacial score (nSPS) is 11.4. The fourth-order valence-electron chi connectivity index (χ4n) is 2.05. The van der Waals surface area contributed by atoms with Gasteiger partial charge < -0.3 is 14.8 Å². The molecular formula is C18H15F2NO5. The summed E-state index contributed by atoms with van der Waals surface area (Å²) in [5.41, 5.74) is -0.349. The molecule has 2 aromatic rings. The molecule has 2 aromatic carbocycles. The minimum Gasteiger partial charge on any atom is -0.465 e. The Balaban J connectivity index is 2.09. The summed E-state index contributed by atoms with van der Waals surface area (Å²) >= 11 is 0. The molecule has 0 saturated heterocycles. The first kappa shape index (κ1) is 19.0. The Morgan fingerprint density at radius 1 is 1.00 bits per heavy atom. The van der Waals surface area contributed by atoms with Crippen LogP contribution in [0.3, 0.4) is 0 Å². The number of benzene rings is 2. The summed E-state index contributed by atoms with van der Waals surface area (Å²) in [4.78, 5) is 36.0. The Morgan fingerprint density at radius 3 is 2.19 bits per heavy atom. The zero-order valence-electron chi connectivity index (χ0n) is 13.9. The van der Waals surface area contributed by atoms with E-state index in [2.05, 4.69) is 10.1 Å². The van der Waals surface area contributed by atoms with Gasteiger partial charge in [0.25, 0.3) is 5.91 Å². The van der Waals surface area contributed by atoms with Crippen LogP contribution in [-0.2, 0) is 14.3 Å². The number of ether oxygens (including phenoxy) is 2. The van der Waals surface area contributed by atoms with Crippen molar-refractivity contribution in [3.63, 3.8) is 0 Å². The molecule has 1 unspecified atom stereocenters. The van der Waals surface area contributed by atoms with Crippen LogP contribution in [0, 0.1) is 11.6 Å². The third kappa shape index (κ3) is 4.41. The molecule has 0 aromatic heterocycles. The molecule has 8 heteroatoms. The number of rotatable bonds is 5. The van der Waals surface area contributed by atoms with Gasteiger partial charge in [0.05, 0.1) is 23.9 Å². The highest BCUT2D eigenvalue weighted by atomic mass is 19.1. The lowest BCUT2D eigenvalue weighted by Gasteiger charge is -2.15. The first-order valence-electron chi connectivity index (χ1n) is 7.47. The molecule has 1 atom stereocenters. The number of nitrogens with one attached hydrogen (secondary N) is 1. The van der Waals surface area contributed by atoms with Crippen molar-refractivity contribution in [2.45, 2.75) is 13.0 Å². The summed E-state index contributed by atoms with van der Waals surface area (Å²) in [7, 11) is 1.16. The third-order valence-electron chi connectivity index (χ3n) is 3.39. The monoisotopic (exact) mass is 363 g/mol. The SMILES string of the molecule is COC(=O)c1ccccc1C(=O)OC(C)C(=O)Nc1ccc(F)cc1F. The van der Waals surface area contributed by atoms with E-state index in [1.807, 2.05) is 0 Å². The Labute approximate surface area is 147 Å². The average molecular weight is 363 g/mol. The minimum atomic E-state index is -1.29. The molecule has 0 aliphatic carbocycles. The summed E-state index contributed by atoms with van der Waals surface area (Å²) in [6, 6.07) is 8.41. The van der Waals surface area contributed by atoms with Crippen molar-refractivity contribution in [3.05, 3.63) is 65.2 Å². The van der Waals surface area contributed by atoms with Gasteiger partial charge in [-0.15, -0.1) is 0 Å². The molecule has 0 aliphatic heterocycles. The van der Waals surface area contributed by atoms with Gasteiger partial charge in [0.2, 0.25) is 0 Å². The summed E-state index contributed by atoms with van der Waals surface area (Å²) in [5.74, 6) is -4.23. The zero-order chi connectivity index (χ0) is 19.3. The highest BCUT2D eigenvalue weighted by Gasteiger charge is 2.23. The minimum absolute atomic E-state index is 0.0165. The lowest BCUT2D eigenvalue weighted by Crippen LogP contribution is -2.30. The lowest BCUT2D eigenvalue weighted by molar-refractivity contribution is -0.123. The molecule has 0 heterocycles. The fourth-order valence-corrected chi connectivity index (χ4v) is 2.05. The number of carbonyl (C=O) groups excluding carboxylic acids is 3. The third-order valence-corrected chi connectivity index (χ3v) is 3.39. The highest BCUT2D eigenvalue weighted by molar-refractivity contribution is 6.04. The predicted octanol–water partition coefficient (Wildman–Crippen LogP) is 2.94. The Bertz CT molecular complexity index is 853. The second-order valence-electron chi connectivity index (χ2n) is 5.20.